The molecular formula is C19H20N2O5. The van der Waals surface area contributed by atoms with Crippen LogP contribution in [0.5, 0.6) is 0 Å². The van der Waals surface area contributed by atoms with Crippen molar-refractivity contribution >= 4 is 11.7 Å². The molecule has 0 N–H and O–H groups in total. The summed E-state index contributed by atoms with van der Waals surface area (Å²) in [7, 11) is 2.68. The number of hydrogen-bond donors (Lipinski definition) is 0. The van der Waals surface area contributed by atoms with E-state index in [9.17, 15) is 19.7 Å². The summed E-state index contributed by atoms with van der Waals surface area (Å²) < 4.78 is 0. The number of nitro groups is 1. The van der Waals surface area contributed by atoms with Gasteiger partial charge in [-0.2, -0.15) is 0 Å². The standard InChI is InChI=1S/C19H20N2O5/c1-20(26-2)19(23)17(18(22)15-11-7-4-8-12-15)16(13-21(24)25)14-9-5-3-6-10-14/h3-12,16-17H,13H2,1-2H3/t16-,17+/m1/s1. The third kappa shape index (κ3) is 4.52. The number of Topliss-reactive ketones (excluding diaryl/α,β-unsaturated/α-hetero) is 1. The van der Waals surface area contributed by atoms with Crippen LogP contribution in [-0.4, -0.2) is 42.4 Å². The van der Waals surface area contributed by atoms with E-state index in [1.54, 1.807) is 60.7 Å². The number of nitrogens with zero attached hydrogens (tertiary/aromatic N) is 2. The number of carbonyl (C=O) groups excluding carboxylic acids is 2. The van der Waals surface area contributed by atoms with Crippen molar-refractivity contribution in [1.29, 1.82) is 0 Å². The molecule has 0 aromatic heterocycles. The lowest BCUT2D eigenvalue weighted by Gasteiger charge is -2.26. The number of carbonyl (C=O) groups is 2. The summed E-state index contributed by atoms with van der Waals surface area (Å²) in [6, 6.07) is 16.9. The van der Waals surface area contributed by atoms with Gasteiger partial charge in [0.25, 0.3) is 5.91 Å². The van der Waals surface area contributed by atoms with Gasteiger partial charge in [-0.3, -0.25) is 24.5 Å². The van der Waals surface area contributed by atoms with E-state index in [0.29, 0.717) is 11.1 Å². The molecule has 0 saturated heterocycles. The Morgan fingerprint density at radius 3 is 2.12 bits per heavy atom. The Balaban J connectivity index is 2.53. The van der Waals surface area contributed by atoms with E-state index in [1.807, 2.05) is 0 Å². The summed E-state index contributed by atoms with van der Waals surface area (Å²) in [6.45, 7) is -0.545. The molecule has 0 aliphatic heterocycles. The topological polar surface area (TPSA) is 89.8 Å². The van der Waals surface area contributed by atoms with Crippen molar-refractivity contribution in [2.75, 3.05) is 20.7 Å². The number of rotatable bonds is 8. The Morgan fingerprint density at radius 2 is 1.62 bits per heavy atom. The molecule has 0 bridgehead atoms. The lowest BCUT2D eigenvalue weighted by Crippen LogP contribution is -2.41. The predicted molar refractivity (Wildman–Crippen MR) is 95.1 cm³/mol. The molecule has 0 unspecified atom stereocenters. The minimum absolute atomic E-state index is 0.319. The number of hydroxylamine groups is 2. The van der Waals surface area contributed by atoms with Gasteiger partial charge in [0.15, 0.2) is 5.78 Å². The van der Waals surface area contributed by atoms with Crippen molar-refractivity contribution < 1.29 is 19.3 Å². The summed E-state index contributed by atoms with van der Waals surface area (Å²) in [4.78, 5) is 41.6. The molecule has 1 amide bonds. The summed E-state index contributed by atoms with van der Waals surface area (Å²) in [5, 5.41) is 12.2. The van der Waals surface area contributed by atoms with Crippen LogP contribution in [0.3, 0.4) is 0 Å². The fraction of sp³-hybridized carbons (Fsp3) is 0.263. The normalized spacial score (nSPS) is 12.8. The molecule has 0 aliphatic carbocycles. The molecular weight excluding hydrogens is 336 g/mol. The highest BCUT2D eigenvalue weighted by molar-refractivity contribution is 6.10. The van der Waals surface area contributed by atoms with E-state index in [0.717, 1.165) is 5.06 Å². The first-order chi connectivity index (χ1) is 12.5. The highest BCUT2D eigenvalue weighted by Crippen LogP contribution is 2.30. The zero-order valence-corrected chi connectivity index (χ0v) is 14.6. The highest BCUT2D eigenvalue weighted by atomic mass is 16.7. The van der Waals surface area contributed by atoms with Crippen LogP contribution in [0.25, 0.3) is 0 Å². The largest absolute Gasteiger partial charge is 0.293 e. The van der Waals surface area contributed by atoms with Crippen molar-refractivity contribution in [1.82, 2.24) is 5.06 Å². The van der Waals surface area contributed by atoms with Crippen molar-refractivity contribution in [3.8, 4) is 0 Å². The van der Waals surface area contributed by atoms with Gasteiger partial charge in [-0.05, 0) is 5.56 Å². The van der Waals surface area contributed by atoms with E-state index in [4.69, 9.17) is 4.84 Å². The van der Waals surface area contributed by atoms with Crippen LogP contribution in [0.2, 0.25) is 0 Å². The second-order valence-electron chi connectivity index (χ2n) is 5.76. The van der Waals surface area contributed by atoms with Crippen molar-refractivity contribution in [3.05, 3.63) is 81.9 Å². The first-order valence-corrected chi connectivity index (χ1v) is 8.03. The zero-order valence-electron chi connectivity index (χ0n) is 14.6. The van der Waals surface area contributed by atoms with Gasteiger partial charge >= 0.3 is 0 Å². The maximum absolute atomic E-state index is 13.1. The molecule has 0 aliphatic rings. The minimum atomic E-state index is -1.27. The van der Waals surface area contributed by atoms with E-state index in [-0.39, 0.29) is 0 Å². The first-order valence-electron chi connectivity index (χ1n) is 8.03. The average Bonchev–Trinajstić information content (AvgIpc) is 2.67. The van der Waals surface area contributed by atoms with Crippen LogP contribution in [-0.2, 0) is 9.63 Å². The zero-order chi connectivity index (χ0) is 19.1. The fourth-order valence-corrected chi connectivity index (χ4v) is 2.80. The van der Waals surface area contributed by atoms with Gasteiger partial charge in [0.05, 0.1) is 13.0 Å². The van der Waals surface area contributed by atoms with Crippen LogP contribution < -0.4 is 0 Å². The lowest BCUT2D eigenvalue weighted by atomic mass is 9.80. The minimum Gasteiger partial charge on any atom is -0.293 e. The maximum Gasteiger partial charge on any atom is 0.257 e. The van der Waals surface area contributed by atoms with E-state index >= 15 is 0 Å². The summed E-state index contributed by atoms with van der Waals surface area (Å²) >= 11 is 0. The molecule has 7 nitrogen and oxygen atoms in total. The average molecular weight is 356 g/mol. The Kier molecular flexibility index (Phi) is 6.57. The van der Waals surface area contributed by atoms with Crippen LogP contribution >= 0.6 is 0 Å². The SMILES string of the molecule is CON(C)C(=O)[C@H](C(=O)c1ccccc1)[C@H](C[N+](=O)[O-])c1ccccc1. The second-order valence-corrected chi connectivity index (χ2v) is 5.76. The van der Waals surface area contributed by atoms with Gasteiger partial charge in [0.2, 0.25) is 6.54 Å². The maximum atomic E-state index is 13.1. The molecule has 2 rings (SSSR count). The summed E-state index contributed by atoms with van der Waals surface area (Å²) in [6.07, 6.45) is 0. The van der Waals surface area contributed by atoms with Gasteiger partial charge in [0.1, 0.15) is 5.92 Å². The van der Waals surface area contributed by atoms with E-state index in [1.165, 1.54) is 14.2 Å². The third-order valence-electron chi connectivity index (χ3n) is 4.17. The number of benzene rings is 2. The second kappa shape index (κ2) is 8.87. The number of amides is 1. The van der Waals surface area contributed by atoms with Gasteiger partial charge < -0.3 is 0 Å². The molecule has 26 heavy (non-hydrogen) atoms. The van der Waals surface area contributed by atoms with Crippen molar-refractivity contribution in [2.45, 2.75) is 5.92 Å². The fourth-order valence-electron chi connectivity index (χ4n) is 2.80. The smallest absolute Gasteiger partial charge is 0.257 e. The van der Waals surface area contributed by atoms with Crippen LogP contribution in [0.1, 0.15) is 21.8 Å². The Hall–Kier alpha value is -3.06. The van der Waals surface area contributed by atoms with Crippen molar-refractivity contribution in [3.63, 3.8) is 0 Å². The molecule has 0 heterocycles. The molecule has 2 atom stereocenters. The van der Waals surface area contributed by atoms with Crippen LogP contribution in [0.4, 0.5) is 0 Å². The third-order valence-corrected chi connectivity index (χ3v) is 4.17. The summed E-state index contributed by atoms with van der Waals surface area (Å²) in [5.41, 5.74) is 0.871. The molecule has 136 valence electrons. The highest BCUT2D eigenvalue weighted by Gasteiger charge is 2.40. The van der Waals surface area contributed by atoms with E-state index < -0.39 is 35.0 Å². The van der Waals surface area contributed by atoms with Gasteiger partial charge in [-0.15, -0.1) is 0 Å². The lowest BCUT2D eigenvalue weighted by molar-refractivity contribution is -0.484. The van der Waals surface area contributed by atoms with E-state index in [2.05, 4.69) is 0 Å². The van der Waals surface area contributed by atoms with Gasteiger partial charge in [-0.1, -0.05) is 60.7 Å². The molecule has 0 radical (unpaired) electrons. The molecule has 7 heteroatoms. The predicted octanol–water partition coefficient (Wildman–Crippen LogP) is 2.57. The van der Waals surface area contributed by atoms with Crippen molar-refractivity contribution in [2.24, 2.45) is 5.92 Å². The molecule has 0 spiro atoms. The molecule has 0 fully saturated rings. The Morgan fingerprint density at radius 1 is 1.08 bits per heavy atom. The van der Waals surface area contributed by atoms with Crippen LogP contribution in [0, 0.1) is 16.0 Å². The first kappa shape index (κ1) is 19.3. The Bertz CT molecular complexity index is 764. The molecule has 2 aromatic carbocycles. The Labute approximate surface area is 151 Å². The monoisotopic (exact) mass is 356 g/mol. The number of ketones is 1. The molecule has 2 aromatic rings. The van der Waals surface area contributed by atoms with Crippen LogP contribution in [0.15, 0.2) is 60.7 Å². The van der Waals surface area contributed by atoms with Gasteiger partial charge in [-0.25, -0.2) is 5.06 Å². The van der Waals surface area contributed by atoms with Gasteiger partial charge in [0, 0.05) is 17.5 Å². The quantitative estimate of drug-likeness (QED) is 0.314. The summed E-state index contributed by atoms with van der Waals surface area (Å²) in [5.74, 6) is -3.29. The number of hydrogen-bond acceptors (Lipinski definition) is 5. The molecule has 0 saturated carbocycles.